The predicted octanol–water partition coefficient (Wildman–Crippen LogP) is 2.78. The number of phenols is 2. The summed E-state index contributed by atoms with van der Waals surface area (Å²) in [6, 6.07) is 10.3. The van der Waals surface area contributed by atoms with E-state index in [2.05, 4.69) is 0 Å². The minimum atomic E-state index is -1.16. The average Bonchev–Trinajstić information content (AvgIpc) is 2.75. The van der Waals surface area contributed by atoms with Crippen LogP contribution >= 0.6 is 0 Å². The van der Waals surface area contributed by atoms with E-state index >= 15 is 0 Å². The fraction of sp³-hybridized carbons (Fsp3) is 0.400. The quantitative estimate of drug-likeness (QED) is 0.592. The lowest BCUT2D eigenvalue weighted by molar-refractivity contribution is -0.155. The summed E-state index contributed by atoms with van der Waals surface area (Å²) in [4.78, 5) is 41.3. The van der Waals surface area contributed by atoms with Crippen LogP contribution in [-0.4, -0.2) is 73.9 Å². The number of ether oxygens (including phenoxy) is 1. The molecule has 1 heterocycles. The number of hydrogen-bond donors (Lipinski definition) is 3. The van der Waals surface area contributed by atoms with Gasteiger partial charge in [0.2, 0.25) is 5.91 Å². The van der Waals surface area contributed by atoms with Gasteiger partial charge in [0.25, 0.3) is 0 Å². The van der Waals surface area contributed by atoms with E-state index in [1.54, 1.807) is 45.0 Å². The first-order valence-electron chi connectivity index (χ1n) is 11.0. The zero-order valence-corrected chi connectivity index (χ0v) is 19.5. The number of aromatic hydroxyl groups is 2. The summed E-state index contributed by atoms with van der Waals surface area (Å²) in [5.74, 6) is -1.51. The number of piperazine rings is 1. The lowest BCUT2D eigenvalue weighted by Gasteiger charge is -2.43. The van der Waals surface area contributed by atoms with E-state index in [9.17, 15) is 29.7 Å². The normalized spacial score (nSPS) is 17.4. The van der Waals surface area contributed by atoms with Crippen LogP contribution in [0.25, 0.3) is 0 Å². The molecule has 2 amide bonds. The Labute approximate surface area is 198 Å². The maximum absolute atomic E-state index is 13.6. The number of rotatable bonds is 6. The van der Waals surface area contributed by atoms with Crippen LogP contribution in [0.2, 0.25) is 0 Å². The molecular formula is C25H30N2O7. The summed E-state index contributed by atoms with van der Waals surface area (Å²) in [7, 11) is 0. The topological polar surface area (TPSA) is 128 Å². The fourth-order valence-corrected chi connectivity index (χ4v) is 3.89. The van der Waals surface area contributed by atoms with Gasteiger partial charge in [-0.3, -0.25) is 9.69 Å². The van der Waals surface area contributed by atoms with Crippen LogP contribution in [0.4, 0.5) is 4.79 Å². The number of carboxylic acids is 1. The maximum atomic E-state index is 13.6. The molecule has 0 aliphatic carbocycles. The molecule has 2 atom stereocenters. The van der Waals surface area contributed by atoms with Crippen LogP contribution in [0, 0.1) is 0 Å². The van der Waals surface area contributed by atoms with Crippen LogP contribution in [-0.2, 0) is 27.2 Å². The van der Waals surface area contributed by atoms with Gasteiger partial charge >= 0.3 is 12.1 Å². The van der Waals surface area contributed by atoms with Crippen LogP contribution in [0.3, 0.4) is 0 Å². The van der Waals surface area contributed by atoms with Crippen molar-refractivity contribution in [3.63, 3.8) is 0 Å². The summed E-state index contributed by atoms with van der Waals surface area (Å²) in [6.07, 6.45) is -0.449. The minimum absolute atomic E-state index is 0.0409. The molecule has 9 heteroatoms. The van der Waals surface area contributed by atoms with E-state index in [0.29, 0.717) is 11.1 Å². The molecule has 1 fully saturated rings. The van der Waals surface area contributed by atoms with E-state index in [1.165, 1.54) is 34.1 Å². The number of phenolic OH excluding ortho intramolecular Hbond substituents is 2. The average molecular weight is 471 g/mol. The van der Waals surface area contributed by atoms with E-state index in [-0.39, 0.29) is 37.4 Å². The van der Waals surface area contributed by atoms with Gasteiger partial charge < -0.3 is 25.0 Å². The summed E-state index contributed by atoms with van der Waals surface area (Å²) in [5, 5.41) is 29.0. The van der Waals surface area contributed by atoms with E-state index in [4.69, 9.17) is 4.74 Å². The largest absolute Gasteiger partial charge is 0.508 e. The maximum Gasteiger partial charge on any atom is 0.411 e. The van der Waals surface area contributed by atoms with Crippen LogP contribution in [0.1, 0.15) is 31.9 Å². The number of hydrogen-bond acceptors (Lipinski definition) is 6. The van der Waals surface area contributed by atoms with Crippen molar-refractivity contribution in [1.82, 2.24) is 9.80 Å². The molecule has 9 nitrogen and oxygen atoms in total. The number of benzene rings is 2. The standard InChI is InChI=1S/C25H30N2O7/c1-25(2,3)34-24(33)27-13-12-26(21(23(31)32)15-17-6-10-19(29)11-7-17)22(30)20(27)14-16-4-8-18(28)9-5-16/h4-11,20-21,28-29H,12-15H2,1-3H3,(H,31,32)/t20-,21-/m1/s1. The minimum Gasteiger partial charge on any atom is -0.508 e. The first-order chi connectivity index (χ1) is 15.9. The Morgan fingerprint density at radius 1 is 0.971 bits per heavy atom. The smallest absolute Gasteiger partial charge is 0.411 e. The molecule has 182 valence electrons. The van der Waals surface area contributed by atoms with Gasteiger partial charge in [-0.1, -0.05) is 24.3 Å². The van der Waals surface area contributed by atoms with Gasteiger partial charge in [0.05, 0.1) is 0 Å². The molecule has 2 aromatic carbocycles. The van der Waals surface area contributed by atoms with Gasteiger partial charge in [0, 0.05) is 25.9 Å². The first-order valence-corrected chi connectivity index (χ1v) is 11.0. The highest BCUT2D eigenvalue weighted by molar-refractivity contribution is 5.90. The van der Waals surface area contributed by atoms with Gasteiger partial charge in [0.1, 0.15) is 29.2 Å². The van der Waals surface area contributed by atoms with Gasteiger partial charge in [-0.15, -0.1) is 0 Å². The molecule has 0 spiro atoms. The van der Waals surface area contributed by atoms with Crippen molar-refractivity contribution < 1.29 is 34.4 Å². The predicted molar refractivity (Wildman–Crippen MR) is 123 cm³/mol. The van der Waals surface area contributed by atoms with E-state index in [0.717, 1.165) is 0 Å². The molecule has 0 bridgehead atoms. The van der Waals surface area contributed by atoms with Crippen LogP contribution in [0.5, 0.6) is 11.5 Å². The third-order valence-electron chi connectivity index (χ3n) is 5.55. The lowest BCUT2D eigenvalue weighted by Crippen LogP contribution is -2.63. The molecule has 3 rings (SSSR count). The van der Waals surface area contributed by atoms with Crippen molar-refractivity contribution >= 4 is 18.0 Å². The summed E-state index contributed by atoms with van der Waals surface area (Å²) in [5.41, 5.74) is 0.600. The molecule has 1 saturated heterocycles. The Balaban J connectivity index is 1.89. The molecule has 0 unspecified atom stereocenters. The second kappa shape index (κ2) is 10.0. The van der Waals surface area contributed by atoms with Gasteiger partial charge in [-0.25, -0.2) is 9.59 Å². The molecule has 0 aromatic heterocycles. The Morgan fingerprint density at radius 3 is 2.00 bits per heavy atom. The second-order valence-corrected chi connectivity index (χ2v) is 9.32. The number of amides is 2. The summed E-state index contributed by atoms with van der Waals surface area (Å²) in [6.45, 7) is 5.35. The fourth-order valence-electron chi connectivity index (χ4n) is 3.89. The van der Waals surface area contributed by atoms with Gasteiger partial charge in [-0.05, 0) is 56.2 Å². The molecule has 0 saturated carbocycles. The second-order valence-electron chi connectivity index (χ2n) is 9.32. The van der Waals surface area contributed by atoms with Crippen molar-refractivity contribution in [1.29, 1.82) is 0 Å². The van der Waals surface area contributed by atoms with Crippen molar-refractivity contribution in [2.75, 3.05) is 13.1 Å². The van der Waals surface area contributed by atoms with Crippen molar-refractivity contribution in [3.05, 3.63) is 59.7 Å². The van der Waals surface area contributed by atoms with Gasteiger partial charge in [0.15, 0.2) is 0 Å². The molecule has 3 N–H and O–H groups in total. The number of nitrogens with zero attached hydrogens (tertiary/aromatic N) is 2. The molecule has 0 radical (unpaired) electrons. The zero-order valence-electron chi connectivity index (χ0n) is 19.5. The summed E-state index contributed by atoms with van der Waals surface area (Å²) >= 11 is 0. The molecule has 1 aliphatic rings. The molecule has 1 aliphatic heterocycles. The monoisotopic (exact) mass is 470 g/mol. The van der Waals surface area contributed by atoms with Crippen LogP contribution < -0.4 is 0 Å². The summed E-state index contributed by atoms with van der Waals surface area (Å²) < 4.78 is 5.50. The lowest BCUT2D eigenvalue weighted by atomic mass is 9.98. The number of aliphatic carboxylic acids is 1. The first kappa shape index (κ1) is 24.9. The Kier molecular flexibility index (Phi) is 7.34. The van der Waals surface area contributed by atoms with Crippen LogP contribution in [0.15, 0.2) is 48.5 Å². The third kappa shape index (κ3) is 6.18. The van der Waals surface area contributed by atoms with Crippen molar-refractivity contribution in [3.8, 4) is 11.5 Å². The SMILES string of the molecule is CC(C)(C)OC(=O)N1CCN([C@H](Cc2ccc(O)cc2)C(=O)O)C(=O)[C@H]1Cc1ccc(O)cc1. The molecule has 2 aromatic rings. The highest BCUT2D eigenvalue weighted by Gasteiger charge is 2.43. The molecular weight excluding hydrogens is 440 g/mol. The Hall–Kier alpha value is -3.75. The number of carbonyl (C=O) groups is 3. The van der Waals surface area contributed by atoms with Crippen molar-refractivity contribution in [2.45, 2.75) is 51.3 Å². The highest BCUT2D eigenvalue weighted by Crippen LogP contribution is 2.24. The Morgan fingerprint density at radius 2 is 1.50 bits per heavy atom. The van der Waals surface area contributed by atoms with Gasteiger partial charge in [-0.2, -0.15) is 0 Å². The number of carbonyl (C=O) groups excluding carboxylic acids is 2. The highest BCUT2D eigenvalue weighted by atomic mass is 16.6. The third-order valence-corrected chi connectivity index (χ3v) is 5.55. The molecule has 34 heavy (non-hydrogen) atoms. The van der Waals surface area contributed by atoms with Crippen molar-refractivity contribution in [2.24, 2.45) is 0 Å². The van der Waals surface area contributed by atoms with E-state index in [1.807, 2.05) is 0 Å². The Bertz CT molecular complexity index is 1030. The number of carboxylic acid groups (broad SMARTS) is 1. The van der Waals surface area contributed by atoms with E-state index < -0.39 is 35.7 Å². The zero-order chi connectivity index (χ0) is 25.0.